The molecule has 0 bridgehead atoms. The Labute approximate surface area is 150 Å². The van der Waals surface area contributed by atoms with Gasteiger partial charge in [-0.2, -0.15) is 5.10 Å². The number of benzene rings is 1. The molecule has 0 aliphatic carbocycles. The van der Waals surface area contributed by atoms with Gasteiger partial charge < -0.3 is 11.1 Å². The normalized spacial score (nSPS) is 14.5. The molecule has 3 rings (SSSR count). The zero-order chi connectivity index (χ0) is 18.0. The first kappa shape index (κ1) is 17.8. The van der Waals surface area contributed by atoms with Gasteiger partial charge in [-0.15, -0.1) is 0 Å². The molecule has 134 valence electrons. The van der Waals surface area contributed by atoms with Crippen LogP contribution in [0.1, 0.15) is 29.4 Å². The summed E-state index contributed by atoms with van der Waals surface area (Å²) < 4.78 is 15.2. The van der Waals surface area contributed by atoms with Crippen LogP contribution in [0.2, 0.25) is 5.02 Å². The van der Waals surface area contributed by atoms with E-state index in [-0.39, 0.29) is 5.02 Å². The first-order chi connectivity index (χ1) is 12.0. The fourth-order valence-electron chi connectivity index (χ4n) is 3.02. The van der Waals surface area contributed by atoms with Crippen LogP contribution in [0.15, 0.2) is 18.2 Å². The van der Waals surface area contributed by atoms with Crippen molar-refractivity contribution in [3.63, 3.8) is 0 Å². The molecule has 1 aromatic heterocycles. The minimum absolute atomic E-state index is 0.00992. The van der Waals surface area contributed by atoms with E-state index in [0.717, 1.165) is 31.9 Å². The predicted molar refractivity (Wildman–Crippen MR) is 94.7 cm³/mol. The molecule has 0 radical (unpaired) electrons. The molecule has 3 N–H and O–H groups in total. The lowest BCUT2D eigenvalue weighted by Crippen LogP contribution is -2.40. The maximum Gasteiger partial charge on any atom is 0.252 e. The van der Waals surface area contributed by atoms with Gasteiger partial charge in [0, 0.05) is 25.3 Å². The second kappa shape index (κ2) is 7.51. The van der Waals surface area contributed by atoms with Crippen LogP contribution in [0.5, 0.6) is 0 Å². The van der Waals surface area contributed by atoms with Crippen LogP contribution in [-0.2, 0) is 13.1 Å². The highest BCUT2D eigenvalue weighted by atomic mass is 35.5. The summed E-state index contributed by atoms with van der Waals surface area (Å²) in [6, 6.07) is 4.29. The van der Waals surface area contributed by atoms with E-state index in [1.54, 1.807) is 6.07 Å². The molecule has 0 spiro atoms. The second-order valence-electron chi connectivity index (χ2n) is 6.10. The Bertz CT molecular complexity index is 792. The molecule has 8 heteroatoms. The third kappa shape index (κ3) is 3.68. The molecule has 0 unspecified atom stereocenters. The minimum atomic E-state index is -0.542. The molecular weight excluding hydrogens is 345 g/mol. The molecule has 1 aromatic carbocycles. The van der Waals surface area contributed by atoms with Crippen molar-refractivity contribution >= 4 is 17.5 Å². The Balaban J connectivity index is 1.94. The predicted octanol–water partition coefficient (Wildman–Crippen LogP) is 2.21. The number of hydrogen-bond donors (Lipinski definition) is 2. The number of aromatic nitrogens is 2. The number of primary amides is 1. The molecule has 1 amide bonds. The summed E-state index contributed by atoms with van der Waals surface area (Å²) in [4.78, 5) is 14.3. The van der Waals surface area contributed by atoms with Crippen LogP contribution in [0.25, 0.3) is 11.3 Å². The molecule has 25 heavy (non-hydrogen) atoms. The van der Waals surface area contributed by atoms with Crippen molar-refractivity contribution in [2.24, 2.45) is 5.73 Å². The van der Waals surface area contributed by atoms with Crippen molar-refractivity contribution in [1.82, 2.24) is 20.0 Å². The van der Waals surface area contributed by atoms with Gasteiger partial charge in [-0.25, -0.2) is 4.39 Å². The summed E-state index contributed by atoms with van der Waals surface area (Å²) in [5.41, 5.74) is 7.82. The molecule has 2 aromatic rings. The molecule has 0 saturated carbocycles. The van der Waals surface area contributed by atoms with E-state index < -0.39 is 11.7 Å². The first-order valence-corrected chi connectivity index (χ1v) is 8.67. The Morgan fingerprint density at radius 3 is 2.92 bits per heavy atom. The number of hydrogen-bond acceptors (Lipinski definition) is 4. The fraction of sp³-hybridized carbons (Fsp3) is 0.412. The largest absolute Gasteiger partial charge is 0.365 e. The first-order valence-electron chi connectivity index (χ1n) is 8.29. The number of carbonyl (C=O) groups excluding carboxylic acids is 1. The lowest BCUT2D eigenvalue weighted by Gasteiger charge is -2.28. The third-order valence-electron chi connectivity index (χ3n) is 4.26. The smallest absolute Gasteiger partial charge is 0.252 e. The van der Waals surface area contributed by atoms with Gasteiger partial charge in [-0.05, 0) is 31.2 Å². The molecule has 0 saturated heterocycles. The fourth-order valence-corrected chi connectivity index (χ4v) is 3.20. The number of nitrogens with two attached hydrogens (primary N) is 1. The molecule has 1 aliphatic rings. The van der Waals surface area contributed by atoms with Crippen LogP contribution >= 0.6 is 11.6 Å². The number of halogens is 2. The van der Waals surface area contributed by atoms with Crippen molar-refractivity contribution < 1.29 is 9.18 Å². The Kier molecular flexibility index (Phi) is 5.36. The van der Waals surface area contributed by atoms with Crippen LogP contribution < -0.4 is 11.1 Å². The van der Waals surface area contributed by atoms with Crippen LogP contribution in [0.4, 0.5) is 4.39 Å². The summed E-state index contributed by atoms with van der Waals surface area (Å²) in [5, 5.41) is 7.88. The topological polar surface area (TPSA) is 76.2 Å². The summed E-state index contributed by atoms with van der Waals surface area (Å²) in [6.45, 7) is 5.87. The number of amides is 1. The maximum atomic E-state index is 13.4. The third-order valence-corrected chi connectivity index (χ3v) is 4.55. The van der Waals surface area contributed by atoms with Gasteiger partial charge >= 0.3 is 0 Å². The Hall–Kier alpha value is -1.96. The number of rotatable bonds is 6. The van der Waals surface area contributed by atoms with Gasteiger partial charge in [0.1, 0.15) is 11.5 Å². The van der Waals surface area contributed by atoms with E-state index in [4.69, 9.17) is 17.3 Å². The van der Waals surface area contributed by atoms with Gasteiger partial charge in [0.25, 0.3) is 5.91 Å². The molecule has 0 atom stereocenters. The second-order valence-corrected chi connectivity index (χ2v) is 6.50. The SMILES string of the molecule is CCCNCN1CCn2nc(-c3ccc(F)c(Cl)c3)c(C(N)=O)c2C1. The molecular formula is C17H21ClFN5O. The average molecular weight is 366 g/mol. The van der Waals surface area contributed by atoms with E-state index in [1.807, 2.05) is 4.68 Å². The maximum absolute atomic E-state index is 13.4. The lowest BCUT2D eigenvalue weighted by molar-refractivity contribution is 0.0996. The average Bonchev–Trinajstić information content (AvgIpc) is 2.96. The monoisotopic (exact) mass is 365 g/mol. The number of carbonyl (C=O) groups is 1. The Morgan fingerprint density at radius 2 is 2.24 bits per heavy atom. The quantitative estimate of drug-likeness (QED) is 0.769. The van der Waals surface area contributed by atoms with Crippen LogP contribution in [0, 0.1) is 5.82 Å². The number of nitrogens with one attached hydrogen (secondary N) is 1. The van der Waals surface area contributed by atoms with Gasteiger partial charge in [-0.1, -0.05) is 18.5 Å². The van der Waals surface area contributed by atoms with Crippen molar-refractivity contribution in [2.75, 3.05) is 19.8 Å². The van der Waals surface area contributed by atoms with E-state index in [0.29, 0.717) is 29.9 Å². The summed E-state index contributed by atoms with van der Waals surface area (Å²) in [5.74, 6) is -1.05. The zero-order valence-electron chi connectivity index (χ0n) is 14.1. The molecule has 0 fully saturated rings. The summed E-state index contributed by atoms with van der Waals surface area (Å²) in [6.07, 6.45) is 1.06. The Morgan fingerprint density at radius 1 is 1.44 bits per heavy atom. The van der Waals surface area contributed by atoms with Gasteiger partial charge in [0.15, 0.2) is 0 Å². The highest BCUT2D eigenvalue weighted by Gasteiger charge is 2.27. The highest BCUT2D eigenvalue weighted by Crippen LogP contribution is 2.30. The molecule has 6 nitrogen and oxygen atoms in total. The van der Waals surface area contributed by atoms with Crippen LogP contribution in [0.3, 0.4) is 0 Å². The van der Waals surface area contributed by atoms with E-state index >= 15 is 0 Å². The summed E-state index contributed by atoms with van der Waals surface area (Å²) >= 11 is 5.87. The summed E-state index contributed by atoms with van der Waals surface area (Å²) in [7, 11) is 0. The van der Waals surface area contributed by atoms with Crippen molar-refractivity contribution in [3.8, 4) is 11.3 Å². The van der Waals surface area contributed by atoms with Crippen LogP contribution in [-0.4, -0.2) is 40.3 Å². The van der Waals surface area contributed by atoms with Crippen molar-refractivity contribution in [2.45, 2.75) is 26.4 Å². The van der Waals surface area contributed by atoms with Gasteiger partial charge in [0.2, 0.25) is 0 Å². The molecule has 1 aliphatic heterocycles. The minimum Gasteiger partial charge on any atom is -0.365 e. The van der Waals surface area contributed by atoms with Gasteiger partial charge in [-0.3, -0.25) is 14.4 Å². The van der Waals surface area contributed by atoms with Gasteiger partial charge in [0.05, 0.1) is 22.8 Å². The van der Waals surface area contributed by atoms with E-state index in [2.05, 4.69) is 22.2 Å². The zero-order valence-corrected chi connectivity index (χ0v) is 14.8. The number of nitrogens with zero attached hydrogens (tertiary/aromatic N) is 3. The van der Waals surface area contributed by atoms with E-state index in [9.17, 15) is 9.18 Å². The highest BCUT2D eigenvalue weighted by molar-refractivity contribution is 6.31. The standard InChI is InChI=1S/C17H21ClFN5O/c1-2-5-21-10-23-6-7-24-14(9-23)15(17(20)25)16(22-24)11-3-4-13(19)12(18)8-11/h3-4,8,21H,2,5-7,9-10H2,1H3,(H2,20,25). The van der Waals surface area contributed by atoms with Crippen molar-refractivity contribution in [3.05, 3.63) is 40.3 Å². The molecule has 2 heterocycles. The lowest BCUT2D eigenvalue weighted by atomic mass is 10.0. The van der Waals surface area contributed by atoms with E-state index in [1.165, 1.54) is 12.1 Å². The van der Waals surface area contributed by atoms with Crippen molar-refractivity contribution in [1.29, 1.82) is 0 Å². The number of fused-ring (bicyclic) bond motifs is 1.